The predicted molar refractivity (Wildman–Crippen MR) is 73.9 cm³/mol. The fourth-order valence-electron chi connectivity index (χ4n) is 1.13. The Balaban J connectivity index is 2.77. The molecule has 0 unspecified atom stereocenters. The van der Waals surface area contributed by atoms with Crippen LogP contribution in [0, 0.1) is 17.3 Å². The van der Waals surface area contributed by atoms with Gasteiger partial charge in [-0.1, -0.05) is 11.3 Å². The maximum Gasteiger partial charge on any atom is 0.325 e. The first-order chi connectivity index (χ1) is 6.59. The lowest BCUT2D eigenvalue weighted by Crippen LogP contribution is -1.81. The summed E-state index contributed by atoms with van der Waals surface area (Å²) in [6.45, 7) is 0. The van der Waals surface area contributed by atoms with E-state index in [4.69, 9.17) is 0 Å². The lowest BCUT2D eigenvalue weighted by Gasteiger charge is -1.95. The van der Waals surface area contributed by atoms with E-state index in [0.717, 1.165) is 17.2 Å². The van der Waals surface area contributed by atoms with E-state index >= 15 is 0 Å². The monoisotopic (exact) mass is 431 g/mol. The third-order valence-corrected chi connectivity index (χ3v) is 5.90. The first kappa shape index (κ1) is 10.6. The van der Waals surface area contributed by atoms with Crippen LogP contribution in [0.2, 0.25) is 0 Å². The molecule has 0 bridgehead atoms. The molecule has 1 aromatic carbocycles. The number of thiophene rings is 1. The van der Waals surface area contributed by atoms with E-state index in [0.29, 0.717) is 0 Å². The van der Waals surface area contributed by atoms with Crippen LogP contribution < -0.4 is 0 Å². The van der Waals surface area contributed by atoms with Crippen molar-refractivity contribution in [3.05, 3.63) is 35.5 Å². The summed E-state index contributed by atoms with van der Waals surface area (Å²) >= 11 is 5.66. The molecule has 2 aromatic rings. The first-order valence-corrected chi connectivity index (χ1v) is 6.59. The quantitative estimate of drug-likeness (QED) is 0.389. The highest BCUT2D eigenvalue weighted by atomic mass is 127. The van der Waals surface area contributed by atoms with Gasteiger partial charge in [0.1, 0.15) is 0 Å². The van der Waals surface area contributed by atoms with E-state index in [-0.39, 0.29) is 9.92 Å². The highest BCUT2D eigenvalue weighted by molar-refractivity contribution is 14.1. The van der Waals surface area contributed by atoms with Gasteiger partial charge in [0, 0.05) is 23.3 Å². The molecular weight excluding hydrogens is 428 g/mol. The van der Waals surface area contributed by atoms with Crippen LogP contribution in [-0.4, -0.2) is 4.92 Å². The summed E-state index contributed by atoms with van der Waals surface area (Å²) in [5.74, 6) is 0. The molecule has 6 heteroatoms. The van der Waals surface area contributed by atoms with Crippen molar-refractivity contribution in [1.29, 1.82) is 0 Å². The average Bonchev–Trinajstić information content (AvgIpc) is 2.56. The molecule has 0 N–H and O–H groups in total. The van der Waals surface area contributed by atoms with E-state index in [1.165, 1.54) is 11.3 Å². The summed E-state index contributed by atoms with van der Waals surface area (Å²) in [5, 5.41) is 11.8. The van der Waals surface area contributed by atoms with Crippen molar-refractivity contribution in [2.24, 2.45) is 0 Å². The second-order valence-electron chi connectivity index (χ2n) is 2.61. The molecule has 2 rings (SSSR count). The molecule has 0 fully saturated rings. The normalized spacial score (nSPS) is 10.7. The van der Waals surface area contributed by atoms with Gasteiger partial charge in [0.15, 0.2) is 0 Å². The van der Waals surface area contributed by atoms with Crippen molar-refractivity contribution in [1.82, 2.24) is 0 Å². The molecule has 0 atom stereocenters. The minimum atomic E-state index is -0.340. The Hall–Kier alpha value is 0.0400. The molecule has 72 valence electrons. The molecular formula is C8H3I2NO2S. The second-order valence-corrected chi connectivity index (χ2v) is 5.92. The topological polar surface area (TPSA) is 43.1 Å². The fourth-order valence-corrected chi connectivity index (χ4v) is 3.29. The van der Waals surface area contributed by atoms with E-state index in [1.807, 2.05) is 12.1 Å². The standard InChI is InChI=1S/C8H3I2NO2S/c9-5-1-2-6-4(8(5)10)3-7(14-6)11(12)13/h1-3H. The summed E-state index contributed by atoms with van der Waals surface area (Å²) in [4.78, 5) is 10.2. The van der Waals surface area contributed by atoms with Gasteiger partial charge in [0.2, 0.25) is 0 Å². The highest BCUT2D eigenvalue weighted by Crippen LogP contribution is 2.35. The van der Waals surface area contributed by atoms with Crippen LogP contribution in [0.1, 0.15) is 0 Å². The van der Waals surface area contributed by atoms with Gasteiger partial charge in [0.25, 0.3) is 0 Å². The van der Waals surface area contributed by atoms with E-state index in [2.05, 4.69) is 45.2 Å². The Kier molecular flexibility index (Phi) is 2.93. The molecule has 1 aromatic heterocycles. The third-order valence-electron chi connectivity index (χ3n) is 1.75. The molecule has 0 aliphatic rings. The zero-order valence-corrected chi connectivity index (χ0v) is 11.8. The van der Waals surface area contributed by atoms with Crippen LogP contribution in [-0.2, 0) is 0 Å². The van der Waals surface area contributed by atoms with Gasteiger partial charge >= 0.3 is 5.00 Å². The van der Waals surface area contributed by atoms with Gasteiger partial charge < -0.3 is 0 Å². The van der Waals surface area contributed by atoms with E-state index < -0.39 is 0 Å². The molecule has 3 nitrogen and oxygen atoms in total. The van der Waals surface area contributed by atoms with Crippen molar-refractivity contribution >= 4 is 71.6 Å². The molecule has 0 amide bonds. The minimum Gasteiger partial charge on any atom is -0.258 e. The first-order valence-electron chi connectivity index (χ1n) is 3.61. The van der Waals surface area contributed by atoms with Gasteiger partial charge in [-0.25, -0.2) is 0 Å². The third kappa shape index (κ3) is 1.74. The summed E-state index contributed by atoms with van der Waals surface area (Å²) in [7, 11) is 0. The Morgan fingerprint density at radius 3 is 2.71 bits per heavy atom. The summed E-state index contributed by atoms with van der Waals surface area (Å²) in [6.07, 6.45) is 0. The number of rotatable bonds is 1. The minimum absolute atomic E-state index is 0.208. The zero-order chi connectivity index (χ0) is 10.3. The van der Waals surface area contributed by atoms with Crippen LogP contribution in [0.5, 0.6) is 0 Å². The summed E-state index contributed by atoms with van der Waals surface area (Å²) < 4.78 is 3.19. The van der Waals surface area contributed by atoms with Crippen molar-refractivity contribution in [2.45, 2.75) is 0 Å². The number of nitrogens with zero attached hydrogens (tertiary/aromatic N) is 1. The lowest BCUT2D eigenvalue weighted by molar-refractivity contribution is -0.380. The number of nitro groups is 1. The Morgan fingerprint density at radius 2 is 2.07 bits per heavy atom. The number of fused-ring (bicyclic) bond motifs is 1. The predicted octanol–water partition coefficient (Wildman–Crippen LogP) is 4.02. The molecule has 0 saturated carbocycles. The van der Waals surface area contributed by atoms with Crippen molar-refractivity contribution in [2.75, 3.05) is 0 Å². The van der Waals surface area contributed by atoms with Crippen molar-refractivity contribution in [3.63, 3.8) is 0 Å². The van der Waals surface area contributed by atoms with Gasteiger partial charge in [-0.3, -0.25) is 10.1 Å². The van der Waals surface area contributed by atoms with Crippen molar-refractivity contribution in [3.8, 4) is 0 Å². The highest BCUT2D eigenvalue weighted by Gasteiger charge is 2.13. The van der Waals surface area contributed by atoms with Crippen LogP contribution in [0.4, 0.5) is 5.00 Å². The van der Waals surface area contributed by atoms with E-state index in [9.17, 15) is 10.1 Å². The lowest BCUT2D eigenvalue weighted by atomic mass is 10.3. The number of hydrogen-bond donors (Lipinski definition) is 0. The molecule has 0 aliphatic heterocycles. The van der Waals surface area contributed by atoms with Gasteiger partial charge in [-0.2, -0.15) is 0 Å². The molecule has 0 radical (unpaired) electrons. The van der Waals surface area contributed by atoms with Gasteiger partial charge in [-0.05, 0) is 57.3 Å². The fraction of sp³-hybridized carbons (Fsp3) is 0. The maximum absolute atomic E-state index is 10.6. The zero-order valence-electron chi connectivity index (χ0n) is 6.66. The van der Waals surface area contributed by atoms with Crippen LogP contribution in [0.15, 0.2) is 18.2 Å². The number of benzene rings is 1. The van der Waals surface area contributed by atoms with Gasteiger partial charge in [-0.15, -0.1) is 0 Å². The molecule has 1 heterocycles. The summed E-state index contributed by atoms with van der Waals surface area (Å²) in [5.41, 5.74) is 0. The smallest absolute Gasteiger partial charge is 0.258 e. The maximum atomic E-state index is 10.6. The Morgan fingerprint density at radius 1 is 1.36 bits per heavy atom. The number of halogens is 2. The van der Waals surface area contributed by atoms with Crippen LogP contribution in [0.25, 0.3) is 10.1 Å². The van der Waals surface area contributed by atoms with E-state index in [1.54, 1.807) is 6.07 Å². The Bertz CT molecular complexity index is 523. The molecule has 0 saturated heterocycles. The largest absolute Gasteiger partial charge is 0.325 e. The van der Waals surface area contributed by atoms with Crippen LogP contribution in [0.3, 0.4) is 0 Å². The molecule has 14 heavy (non-hydrogen) atoms. The summed E-state index contributed by atoms with van der Waals surface area (Å²) in [6, 6.07) is 5.55. The van der Waals surface area contributed by atoms with Crippen molar-refractivity contribution < 1.29 is 4.92 Å². The molecule has 0 aliphatic carbocycles. The van der Waals surface area contributed by atoms with Gasteiger partial charge in [0.05, 0.1) is 4.92 Å². The SMILES string of the molecule is O=[N+]([O-])c1cc2c(I)c(I)ccc2s1. The second kappa shape index (κ2) is 3.89. The van der Waals surface area contributed by atoms with Crippen LogP contribution >= 0.6 is 56.5 Å². The average molecular weight is 431 g/mol. The Labute approximate surface area is 111 Å². The molecule has 0 spiro atoms. The number of hydrogen-bond acceptors (Lipinski definition) is 3.